The van der Waals surface area contributed by atoms with Gasteiger partial charge in [-0.25, -0.2) is 0 Å². The molecule has 0 aromatic heterocycles. The Morgan fingerprint density at radius 1 is 1.09 bits per heavy atom. The van der Waals surface area contributed by atoms with Gasteiger partial charge in [0.1, 0.15) is 0 Å². The van der Waals surface area contributed by atoms with E-state index in [0.29, 0.717) is 5.70 Å². The number of carbonyl (C=O) groups excluding carboxylic acids is 1. The Morgan fingerprint density at radius 2 is 1.55 bits per heavy atom. The van der Waals surface area contributed by atoms with Crippen LogP contribution in [0, 0.1) is 0 Å². The fourth-order valence-electron chi connectivity index (χ4n) is 0.753. The van der Waals surface area contributed by atoms with E-state index in [1.807, 2.05) is 6.92 Å². The van der Waals surface area contributed by atoms with Gasteiger partial charge in [-0.15, -0.1) is 0 Å². The average molecular weight is 264 g/mol. The van der Waals surface area contributed by atoms with Crippen molar-refractivity contribution in [2.75, 3.05) is 14.1 Å². The van der Waals surface area contributed by atoms with Crippen molar-refractivity contribution in [2.24, 2.45) is 0 Å². The van der Waals surface area contributed by atoms with Crippen LogP contribution in [0.4, 0.5) is 0 Å². The summed E-state index contributed by atoms with van der Waals surface area (Å²) in [5.41, 5.74) is 1.51. The van der Waals surface area contributed by atoms with E-state index < -0.39 is 0 Å². The van der Waals surface area contributed by atoms with Crippen molar-refractivity contribution < 1.29 is 4.79 Å². The third-order valence-electron chi connectivity index (χ3n) is 1.35. The summed E-state index contributed by atoms with van der Waals surface area (Å²) in [4.78, 5) is 10.8. The molecule has 0 aromatic rings. The molecule has 0 aliphatic carbocycles. The van der Waals surface area contributed by atoms with Crippen LogP contribution >= 0.6 is 0 Å². The minimum absolute atomic E-state index is 0. The zero-order valence-electron chi connectivity index (χ0n) is 7.36. The topological polar surface area (TPSA) is 41.1 Å². The Hall–Kier alpha value is -0.172. The molecule has 0 unspecified atom stereocenters. The molecule has 0 saturated carbocycles. The van der Waals surface area contributed by atoms with Crippen LogP contribution in [0.3, 0.4) is 0 Å². The van der Waals surface area contributed by atoms with Gasteiger partial charge in [-0.3, -0.25) is 4.79 Å². The fraction of sp³-hybridized carbons (Fsp3) is 0.571. The molecular weight excluding hydrogens is 250 g/mol. The van der Waals surface area contributed by atoms with Crippen molar-refractivity contribution in [3.8, 4) is 0 Å². The normalized spacial score (nSPS) is 10.9. The van der Waals surface area contributed by atoms with Crippen LogP contribution in [-0.2, 0) is 4.79 Å². The minimum atomic E-state index is 0. The Morgan fingerprint density at radius 3 is 1.64 bits per heavy atom. The predicted octanol–water partition coefficient (Wildman–Crippen LogP) is -0.135. The molecule has 63 valence electrons. The summed E-state index contributed by atoms with van der Waals surface area (Å²) < 4.78 is 0. The molecule has 3 radical (unpaired) electrons. The van der Waals surface area contributed by atoms with Crippen molar-refractivity contribution in [1.82, 2.24) is 10.6 Å². The Bertz CT molecular complexity index is 166. The van der Waals surface area contributed by atoms with Gasteiger partial charge in [0.15, 0.2) is 5.78 Å². The van der Waals surface area contributed by atoms with Gasteiger partial charge in [-0.2, -0.15) is 0 Å². The second kappa shape index (κ2) is 6.53. The molecule has 11 heavy (non-hydrogen) atoms. The third kappa shape index (κ3) is 4.30. The van der Waals surface area contributed by atoms with E-state index in [1.165, 1.54) is 6.92 Å². The molecule has 0 fully saturated rings. The fourth-order valence-corrected chi connectivity index (χ4v) is 0.753. The standard InChI is InChI=1S/C7H14N2O.Sb/c1-5(8-3)7(9-4)6(2)10;/h8-9H,1-4H3;. The summed E-state index contributed by atoms with van der Waals surface area (Å²) in [6.07, 6.45) is 0. The quantitative estimate of drug-likeness (QED) is 0.551. The van der Waals surface area contributed by atoms with Gasteiger partial charge in [-0.1, -0.05) is 0 Å². The number of allylic oxidation sites excluding steroid dienone is 2. The second-order valence-electron chi connectivity index (χ2n) is 2.06. The van der Waals surface area contributed by atoms with E-state index in [2.05, 4.69) is 10.6 Å². The van der Waals surface area contributed by atoms with Gasteiger partial charge in [0, 0.05) is 51.1 Å². The third-order valence-corrected chi connectivity index (χ3v) is 1.35. The van der Waals surface area contributed by atoms with Gasteiger partial charge < -0.3 is 10.6 Å². The van der Waals surface area contributed by atoms with Crippen LogP contribution in [0.5, 0.6) is 0 Å². The molecule has 0 aliphatic rings. The summed E-state index contributed by atoms with van der Waals surface area (Å²) in [5.74, 6) is 0.0503. The monoisotopic (exact) mass is 263 g/mol. The molecule has 0 aliphatic heterocycles. The van der Waals surface area contributed by atoms with Crippen molar-refractivity contribution in [3.05, 3.63) is 11.4 Å². The molecule has 3 nitrogen and oxygen atoms in total. The number of rotatable bonds is 3. The summed E-state index contributed by atoms with van der Waals surface area (Å²) in [5, 5.41) is 5.71. The molecule has 4 heteroatoms. The molecule has 0 atom stereocenters. The number of hydrogen-bond donors (Lipinski definition) is 2. The minimum Gasteiger partial charge on any atom is -0.390 e. The van der Waals surface area contributed by atoms with Crippen molar-refractivity contribution >= 4 is 30.2 Å². The molecule has 0 rings (SSSR count). The molecule has 0 aromatic carbocycles. The first kappa shape index (κ1) is 13.4. The first-order valence-corrected chi connectivity index (χ1v) is 3.20. The van der Waals surface area contributed by atoms with Gasteiger partial charge in [0.05, 0.1) is 5.70 Å². The van der Waals surface area contributed by atoms with Crippen molar-refractivity contribution in [3.63, 3.8) is 0 Å². The zero-order chi connectivity index (χ0) is 8.15. The number of Topliss-reactive ketones (excluding diaryl/α,β-unsaturated/α-hetero) is 1. The van der Waals surface area contributed by atoms with Crippen molar-refractivity contribution in [2.45, 2.75) is 13.8 Å². The van der Waals surface area contributed by atoms with Crippen LogP contribution in [0.2, 0.25) is 0 Å². The first-order chi connectivity index (χ1) is 4.63. The van der Waals surface area contributed by atoms with E-state index in [4.69, 9.17) is 0 Å². The SMILES string of the molecule is CNC(C)=C(NC)C(C)=O.[Sb]. The van der Waals surface area contributed by atoms with E-state index in [1.54, 1.807) is 14.1 Å². The van der Waals surface area contributed by atoms with Crippen LogP contribution < -0.4 is 10.6 Å². The largest absolute Gasteiger partial charge is 0.390 e. The van der Waals surface area contributed by atoms with Crippen molar-refractivity contribution in [1.29, 1.82) is 0 Å². The maximum atomic E-state index is 10.8. The summed E-state index contributed by atoms with van der Waals surface area (Å²) in [7, 11) is 3.52. The number of ketones is 1. The Kier molecular flexibility index (Phi) is 7.97. The number of hydrogen-bond acceptors (Lipinski definition) is 3. The number of likely N-dealkylation sites (N-methyl/N-ethyl adjacent to an activating group) is 1. The summed E-state index contributed by atoms with van der Waals surface area (Å²) in [6, 6.07) is 0. The van der Waals surface area contributed by atoms with Gasteiger partial charge in [-0.05, 0) is 6.92 Å². The smallest absolute Gasteiger partial charge is 0.177 e. The van der Waals surface area contributed by atoms with Crippen LogP contribution in [0.1, 0.15) is 13.8 Å². The molecule has 2 N–H and O–H groups in total. The van der Waals surface area contributed by atoms with Gasteiger partial charge in [0.2, 0.25) is 0 Å². The van der Waals surface area contributed by atoms with E-state index >= 15 is 0 Å². The molecule has 0 spiro atoms. The van der Waals surface area contributed by atoms with E-state index in [0.717, 1.165) is 5.70 Å². The first-order valence-electron chi connectivity index (χ1n) is 3.20. The van der Waals surface area contributed by atoms with Crippen LogP contribution in [-0.4, -0.2) is 44.3 Å². The Balaban J connectivity index is 0. The zero-order valence-corrected chi connectivity index (χ0v) is 9.91. The maximum Gasteiger partial charge on any atom is 0.177 e. The number of carbonyl (C=O) groups is 1. The maximum absolute atomic E-state index is 10.8. The number of nitrogens with one attached hydrogen (secondary N) is 2. The molecule has 0 amide bonds. The molecule has 0 bridgehead atoms. The average Bonchev–Trinajstić information content (AvgIpc) is 1.88. The summed E-state index contributed by atoms with van der Waals surface area (Å²) >= 11 is 0. The summed E-state index contributed by atoms with van der Waals surface area (Å²) in [6.45, 7) is 3.39. The molecular formula is C7H14N2OSb. The molecule has 0 saturated heterocycles. The molecule has 0 heterocycles. The van der Waals surface area contributed by atoms with Crippen LogP contribution in [0.25, 0.3) is 0 Å². The Labute approximate surface area is 85.1 Å². The second-order valence-corrected chi connectivity index (χ2v) is 2.06. The van der Waals surface area contributed by atoms with E-state index in [9.17, 15) is 4.79 Å². The van der Waals surface area contributed by atoms with Gasteiger partial charge in [0.25, 0.3) is 0 Å². The van der Waals surface area contributed by atoms with E-state index in [-0.39, 0.29) is 30.2 Å². The van der Waals surface area contributed by atoms with Gasteiger partial charge >= 0.3 is 0 Å². The predicted molar refractivity (Wildman–Crippen MR) is 47.3 cm³/mol. The van der Waals surface area contributed by atoms with Crippen LogP contribution in [0.15, 0.2) is 11.4 Å².